The molecule has 1 rings (SSSR count). The Hall–Kier alpha value is -1.72. The van der Waals surface area contributed by atoms with Crippen molar-refractivity contribution < 1.29 is 24.9 Å². The second-order valence-electron chi connectivity index (χ2n) is 6.49. The number of carbonyl (C=O) groups excluding carboxylic acids is 1. The maximum absolute atomic E-state index is 12.1. The van der Waals surface area contributed by atoms with Gasteiger partial charge in [-0.1, -0.05) is 43.4 Å². The molecule has 1 aliphatic rings. The van der Waals surface area contributed by atoms with Gasteiger partial charge in [-0.25, -0.2) is 0 Å². The smallest absolute Gasteiger partial charge is 0.303 e. The largest absolute Gasteiger partial charge is 0.481 e. The van der Waals surface area contributed by atoms with Crippen molar-refractivity contribution in [1.82, 2.24) is 0 Å². The number of aliphatic hydroxyl groups excluding tert-OH is 2. The van der Waals surface area contributed by atoms with Crippen molar-refractivity contribution in [2.24, 2.45) is 11.8 Å². The molecule has 0 spiro atoms. The van der Waals surface area contributed by atoms with E-state index in [1.54, 1.807) is 12.2 Å². The Bertz CT molecular complexity index is 506. The van der Waals surface area contributed by atoms with Crippen LogP contribution >= 0.6 is 0 Å². The van der Waals surface area contributed by atoms with E-state index in [-0.39, 0.29) is 30.5 Å². The molecule has 140 valence electrons. The molecular weight excluding hydrogens is 320 g/mol. The Morgan fingerprint density at radius 3 is 2.72 bits per heavy atom. The van der Waals surface area contributed by atoms with E-state index in [1.165, 1.54) is 0 Å². The summed E-state index contributed by atoms with van der Waals surface area (Å²) in [5, 5.41) is 28.6. The molecule has 0 saturated heterocycles. The number of carboxylic acid groups (broad SMARTS) is 1. The van der Waals surface area contributed by atoms with Crippen LogP contribution < -0.4 is 0 Å². The number of allylic oxidation sites excluding steroid dienone is 4. The lowest BCUT2D eigenvalue weighted by atomic mass is 9.90. The summed E-state index contributed by atoms with van der Waals surface area (Å²) in [7, 11) is 0. The van der Waals surface area contributed by atoms with Gasteiger partial charge >= 0.3 is 5.97 Å². The molecule has 5 heteroatoms. The second-order valence-corrected chi connectivity index (χ2v) is 6.49. The van der Waals surface area contributed by atoms with Crippen LogP contribution in [0.4, 0.5) is 0 Å². The van der Waals surface area contributed by atoms with E-state index in [0.29, 0.717) is 25.7 Å². The molecule has 1 saturated carbocycles. The molecule has 5 nitrogen and oxygen atoms in total. The van der Waals surface area contributed by atoms with E-state index < -0.39 is 18.2 Å². The number of ketones is 1. The minimum absolute atomic E-state index is 0.00401. The van der Waals surface area contributed by atoms with E-state index in [4.69, 9.17) is 5.11 Å². The zero-order valence-electron chi connectivity index (χ0n) is 14.9. The summed E-state index contributed by atoms with van der Waals surface area (Å²) < 4.78 is 0. The van der Waals surface area contributed by atoms with Crippen LogP contribution in [-0.4, -0.2) is 39.3 Å². The molecule has 1 fully saturated rings. The van der Waals surface area contributed by atoms with E-state index in [0.717, 1.165) is 6.42 Å². The van der Waals surface area contributed by atoms with Crippen LogP contribution in [0, 0.1) is 11.8 Å². The third-order valence-electron chi connectivity index (χ3n) is 4.39. The quantitative estimate of drug-likeness (QED) is 0.393. The van der Waals surface area contributed by atoms with Crippen molar-refractivity contribution in [2.45, 2.75) is 64.1 Å². The molecule has 0 aromatic rings. The van der Waals surface area contributed by atoms with Crippen LogP contribution in [0.1, 0.15) is 51.9 Å². The number of carboxylic acids is 1. The lowest BCUT2D eigenvalue weighted by Crippen LogP contribution is -2.19. The predicted molar refractivity (Wildman–Crippen MR) is 97.0 cm³/mol. The molecule has 3 N–H and O–H groups in total. The topological polar surface area (TPSA) is 94.8 Å². The van der Waals surface area contributed by atoms with E-state index in [2.05, 4.69) is 0 Å². The lowest BCUT2D eigenvalue weighted by molar-refractivity contribution is -0.137. The minimum Gasteiger partial charge on any atom is -0.481 e. The number of rotatable bonds is 11. The molecule has 0 heterocycles. The third-order valence-corrected chi connectivity index (χ3v) is 4.39. The number of Topliss-reactive ketones (excluding diaryl/α,β-unsaturated/α-hetero) is 1. The van der Waals surface area contributed by atoms with Crippen LogP contribution in [0.15, 0.2) is 36.5 Å². The number of hydrogen-bond acceptors (Lipinski definition) is 4. The van der Waals surface area contributed by atoms with Crippen molar-refractivity contribution in [3.8, 4) is 0 Å². The number of carbonyl (C=O) groups is 2. The van der Waals surface area contributed by atoms with Crippen molar-refractivity contribution in [3.63, 3.8) is 0 Å². The first-order valence-electron chi connectivity index (χ1n) is 9.04. The van der Waals surface area contributed by atoms with Gasteiger partial charge < -0.3 is 15.3 Å². The standard InChI is InChI=1S/C20H30O5/c1-2-3-6-9-15(21)12-13-17-16(18(22)14-19(17)23)10-7-4-5-8-11-20(24)25/h3-4,6-7,12-13,15-18,21-22H,2,5,8-11,14H2,1H3,(H,24,25)/b6-3+,7-4-,13-12-/t15-,16+,17+,18-/m0/s1. The van der Waals surface area contributed by atoms with Gasteiger partial charge in [-0.05, 0) is 32.1 Å². The number of aliphatic carboxylic acids is 1. The van der Waals surface area contributed by atoms with Gasteiger partial charge in [0.05, 0.1) is 12.2 Å². The van der Waals surface area contributed by atoms with E-state index in [9.17, 15) is 19.8 Å². The average molecular weight is 350 g/mol. The molecule has 0 aromatic heterocycles. The van der Waals surface area contributed by atoms with E-state index in [1.807, 2.05) is 31.2 Å². The molecule has 1 aliphatic carbocycles. The second kappa shape index (κ2) is 11.8. The average Bonchev–Trinajstić information content (AvgIpc) is 2.82. The fraction of sp³-hybridized carbons (Fsp3) is 0.600. The molecule has 0 aromatic carbocycles. The summed E-state index contributed by atoms with van der Waals surface area (Å²) in [6.07, 6.45) is 13.4. The first kappa shape index (κ1) is 21.3. The maximum Gasteiger partial charge on any atom is 0.303 e. The zero-order valence-corrected chi connectivity index (χ0v) is 14.9. The van der Waals surface area contributed by atoms with Gasteiger partial charge in [0, 0.05) is 24.7 Å². The van der Waals surface area contributed by atoms with E-state index >= 15 is 0 Å². The molecule has 0 amide bonds. The summed E-state index contributed by atoms with van der Waals surface area (Å²) >= 11 is 0. The summed E-state index contributed by atoms with van der Waals surface area (Å²) in [4.78, 5) is 22.5. The SMILES string of the molecule is CC/C=C/C[C@H](O)/C=C\[C@H]1C(=O)C[C@H](O)[C@@H]1C/C=C\CCCC(=O)O. The van der Waals surface area contributed by atoms with Gasteiger partial charge in [0.15, 0.2) is 0 Å². The number of unbranched alkanes of at least 4 members (excludes halogenated alkanes) is 1. The highest BCUT2D eigenvalue weighted by atomic mass is 16.4. The molecule has 0 unspecified atom stereocenters. The first-order chi connectivity index (χ1) is 12.0. The summed E-state index contributed by atoms with van der Waals surface area (Å²) in [5.74, 6) is -1.35. The highest BCUT2D eigenvalue weighted by molar-refractivity contribution is 5.86. The van der Waals surface area contributed by atoms with Crippen LogP contribution in [0.3, 0.4) is 0 Å². The molecule has 0 bridgehead atoms. The fourth-order valence-electron chi connectivity index (χ4n) is 3.00. The minimum atomic E-state index is -0.803. The van der Waals surface area contributed by atoms with Gasteiger partial charge in [-0.15, -0.1) is 0 Å². The zero-order chi connectivity index (χ0) is 18.7. The molecule has 0 radical (unpaired) electrons. The summed E-state index contributed by atoms with van der Waals surface area (Å²) in [6, 6.07) is 0. The van der Waals surface area contributed by atoms with Crippen LogP contribution in [0.2, 0.25) is 0 Å². The maximum atomic E-state index is 12.1. The number of aliphatic hydroxyl groups is 2. The Morgan fingerprint density at radius 2 is 2.04 bits per heavy atom. The van der Waals surface area contributed by atoms with Crippen molar-refractivity contribution in [3.05, 3.63) is 36.5 Å². The molecule has 0 aliphatic heterocycles. The first-order valence-corrected chi connectivity index (χ1v) is 9.04. The van der Waals surface area contributed by atoms with Gasteiger partial charge in [0.25, 0.3) is 0 Å². The van der Waals surface area contributed by atoms with Crippen molar-refractivity contribution >= 4 is 11.8 Å². The van der Waals surface area contributed by atoms with Crippen molar-refractivity contribution in [2.75, 3.05) is 0 Å². The predicted octanol–water partition coefficient (Wildman–Crippen LogP) is 3.03. The van der Waals surface area contributed by atoms with Gasteiger partial charge in [0.2, 0.25) is 0 Å². The summed E-state index contributed by atoms with van der Waals surface area (Å²) in [5.41, 5.74) is 0. The third kappa shape index (κ3) is 8.27. The number of hydrogen-bond donors (Lipinski definition) is 3. The van der Waals surface area contributed by atoms with Crippen molar-refractivity contribution in [1.29, 1.82) is 0 Å². The molecule has 25 heavy (non-hydrogen) atoms. The lowest BCUT2D eigenvalue weighted by Gasteiger charge is -2.17. The Labute approximate surface area is 149 Å². The van der Waals surface area contributed by atoms with Crippen LogP contribution in [0.25, 0.3) is 0 Å². The Balaban J connectivity index is 2.52. The Morgan fingerprint density at radius 1 is 1.28 bits per heavy atom. The van der Waals surface area contributed by atoms with Crippen LogP contribution in [0.5, 0.6) is 0 Å². The fourth-order valence-corrected chi connectivity index (χ4v) is 3.00. The van der Waals surface area contributed by atoms with Gasteiger partial charge in [-0.2, -0.15) is 0 Å². The highest BCUT2D eigenvalue weighted by Crippen LogP contribution is 2.33. The monoisotopic (exact) mass is 350 g/mol. The van der Waals surface area contributed by atoms with Gasteiger partial charge in [0.1, 0.15) is 5.78 Å². The summed E-state index contributed by atoms with van der Waals surface area (Å²) in [6.45, 7) is 2.02. The normalized spacial score (nSPS) is 25.6. The van der Waals surface area contributed by atoms with Crippen LogP contribution in [-0.2, 0) is 9.59 Å². The molecular formula is C20H30O5. The molecule has 4 atom stereocenters. The van der Waals surface area contributed by atoms with Gasteiger partial charge in [-0.3, -0.25) is 9.59 Å². The Kier molecular flexibility index (Phi) is 10.0. The highest BCUT2D eigenvalue weighted by Gasteiger charge is 2.39.